The Labute approximate surface area is 208 Å². The molecular formula is C28H37N3O4. The molecule has 2 heterocycles. The SMILES string of the molecule is CCCCN1C(=O)CCC(C(=O)N2CCN(c3ccccc3OC)CC2)C1c1ccccc1OC. The third-order valence-electron chi connectivity index (χ3n) is 7.25. The van der Waals surface area contributed by atoms with Crippen LogP contribution in [-0.2, 0) is 9.59 Å². The van der Waals surface area contributed by atoms with Gasteiger partial charge in [-0.3, -0.25) is 9.59 Å². The number of carbonyl (C=O) groups excluding carboxylic acids is 2. The Bertz CT molecular complexity index is 1020. The molecule has 2 unspecified atom stereocenters. The smallest absolute Gasteiger partial charge is 0.228 e. The van der Waals surface area contributed by atoms with Gasteiger partial charge in [0, 0.05) is 44.7 Å². The predicted octanol–water partition coefficient (Wildman–Crippen LogP) is 4.13. The first-order chi connectivity index (χ1) is 17.1. The second kappa shape index (κ2) is 11.5. The lowest BCUT2D eigenvalue weighted by atomic mass is 9.82. The Morgan fingerprint density at radius 1 is 0.943 bits per heavy atom. The molecule has 2 saturated heterocycles. The highest BCUT2D eigenvalue weighted by Gasteiger charge is 2.43. The van der Waals surface area contributed by atoms with E-state index in [0.29, 0.717) is 32.5 Å². The van der Waals surface area contributed by atoms with Gasteiger partial charge in [-0.25, -0.2) is 0 Å². The van der Waals surface area contributed by atoms with E-state index in [1.807, 2.05) is 52.3 Å². The first kappa shape index (κ1) is 24.9. The van der Waals surface area contributed by atoms with Gasteiger partial charge in [0.2, 0.25) is 11.8 Å². The minimum atomic E-state index is -0.307. The van der Waals surface area contributed by atoms with E-state index in [4.69, 9.17) is 9.47 Å². The van der Waals surface area contributed by atoms with Gasteiger partial charge >= 0.3 is 0 Å². The number of nitrogens with zero attached hydrogens (tertiary/aromatic N) is 3. The number of piperidine rings is 1. The lowest BCUT2D eigenvalue weighted by Gasteiger charge is -2.44. The Hall–Kier alpha value is -3.22. The number of likely N-dealkylation sites (tertiary alicyclic amines) is 1. The maximum Gasteiger partial charge on any atom is 0.228 e. The zero-order chi connectivity index (χ0) is 24.8. The average molecular weight is 480 g/mol. The summed E-state index contributed by atoms with van der Waals surface area (Å²) < 4.78 is 11.2. The maximum atomic E-state index is 13.9. The average Bonchev–Trinajstić information content (AvgIpc) is 2.91. The number of unbranched alkanes of at least 4 members (excludes halogenated alkanes) is 1. The first-order valence-electron chi connectivity index (χ1n) is 12.7. The molecule has 35 heavy (non-hydrogen) atoms. The Morgan fingerprint density at radius 2 is 1.60 bits per heavy atom. The molecule has 0 N–H and O–H groups in total. The minimum absolute atomic E-state index is 0.124. The number of amides is 2. The molecule has 7 nitrogen and oxygen atoms in total. The van der Waals surface area contributed by atoms with Crippen LogP contribution in [0.5, 0.6) is 11.5 Å². The molecule has 2 aliphatic rings. The summed E-state index contributed by atoms with van der Waals surface area (Å²) in [6.07, 6.45) is 2.88. The van der Waals surface area contributed by atoms with Crippen LogP contribution in [0.3, 0.4) is 0 Å². The third kappa shape index (κ3) is 5.24. The van der Waals surface area contributed by atoms with E-state index in [-0.39, 0.29) is 23.8 Å². The number of ether oxygens (including phenoxy) is 2. The first-order valence-corrected chi connectivity index (χ1v) is 12.7. The molecule has 0 saturated carbocycles. The maximum absolute atomic E-state index is 13.9. The standard InChI is InChI=1S/C28H37N3O4/c1-4-5-16-31-26(32)15-14-22(27(31)21-10-6-8-12-24(21)34-2)28(33)30-19-17-29(18-20-30)23-11-7-9-13-25(23)35-3/h6-13,22,27H,4-5,14-20H2,1-3H3. The van der Waals surface area contributed by atoms with Crippen molar-refractivity contribution in [3.63, 3.8) is 0 Å². The number of methoxy groups -OCH3 is 2. The van der Waals surface area contributed by atoms with Crippen LogP contribution in [0.1, 0.15) is 44.2 Å². The number of para-hydroxylation sites is 3. The van der Waals surface area contributed by atoms with Gasteiger partial charge < -0.3 is 24.2 Å². The van der Waals surface area contributed by atoms with Crippen molar-refractivity contribution in [3.05, 3.63) is 54.1 Å². The summed E-state index contributed by atoms with van der Waals surface area (Å²) in [5.74, 6) is 1.56. The summed E-state index contributed by atoms with van der Waals surface area (Å²) in [4.78, 5) is 33.1. The molecule has 4 rings (SSSR count). The van der Waals surface area contributed by atoms with E-state index in [1.54, 1.807) is 14.2 Å². The Balaban J connectivity index is 1.56. The van der Waals surface area contributed by atoms with E-state index in [0.717, 1.165) is 48.7 Å². The molecule has 0 aromatic heterocycles. The van der Waals surface area contributed by atoms with Crippen LogP contribution in [-0.4, -0.2) is 68.6 Å². The van der Waals surface area contributed by atoms with Crippen LogP contribution in [0.25, 0.3) is 0 Å². The van der Waals surface area contributed by atoms with Crippen molar-refractivity contribution in [1.82, 2.24) is 9.80 Å². The number of carbonyl (C=O) groups is 2. The van der Waals surface area contributed by atoms with Crippen LogP contribution in [0.2, 0.25) is 0 Å². The van der Waals surface area contributed by atoms with Crippen molar-refractivity contribution in [1.29, 1.82) is 0 Å². The van der Waals surface area contributed by atoms with Gasteiger partial charge in [0.25, 0.3) is 0 Å². The molecule has 2 atom stereocenters. The van der Waals surface area contributed by atoms with E-state index >= 15 is 0 Å². The monoisotopic (exact) mass is 479 g/mol. The van der Waals surface area contributed by atoms with Gasteiger partial charge in [0.15, 0.2) is 0 Å². The van der Waals surface area contributed by atoms with E-state index in [9.17, 15) is 9.59 Å². The molecule has 0 bridgehead atoms. The summed E-state index contributed by atoms with van der Waals surface area (Å²) in [6, 6.07) is 15.5. The quantitative estimate of drug-likeness (QED) is 0.570. The second-order valence-electron chi connectivity index (χ2n) is 9.26. The molecule has 2 amide bonds. The normalized spacial score (nSPS) is 20.7. The minimum Gasteiger partial charge on any atom is -0.496 e. The van der Waals surface area contributed by atoms with Crippen molar-refractivity contribution in [2.75, 3.05) is 51.8 Å². The topological polar surface area (TPSA) is 62.3 Å². The lowest BCUT2D eigenvalue weighted by Crippen LogP contribution is -2.54. The van der Waals surface area contributed by atoms with E-state index in [2.05, 4.69) is 17.9 Å². The highest BCUT2D eigenvalue weighted by molar-refractivity contribution is 5.85. The van der Waals surface area contributed by atoms with Crippen LogP contribution >= 0.6 is 0 Å². The predicted molar refractivity (Wildman–Crippen MR) is 137 cm³/mol. The summed E-state index contributed by atoms with van der Waals surface area (Å²) in [7, 11) is 3.33. The number of rotatable bonds is 8. The molecule has 188 valence electrons. The molecule has 0 spiro atoms. The second-order valence-corrected chi connectivity index (χ2v) is 9.26. The number of piperazine rings is 1. The lowest BCUT2D eigenvalue weighted by molar-refractivity contribution is -0.148. The van der Waals surface area contributed by atoms with Crippen LogP contribution in [0.15, 0.2) is 48.5 Å². The van der Waals surface area contributed by atoms with E-state index in [1.165, 1.54) is 0 Å². The van der Waals surface area contributed by atoms with Crippen molar-refractivity contribution < 1.29 is 19.1 Å². The number of anilines is 1. The molecule has 2 aromatic rings. The van der Waals surface area contributed by atoms with E-state index < -0.39 is 0 Å². The molecule has 0 aliphatic carbocycles. The molecule has 2 fully saturated rings. The fourth-order valence-electron chi connectivity index (χ4n) is 5.39. The number of benzene rings is 2. The van der Waals surface area contributed by atoms with Crippen LogP contribution in [0, 0.1) is 5.92 Å². The molecule has 2 aliphatic heterocycles. The Kier molecular flexibility index (Phi) is 8.16. The number of hydrogen-bond donors (Lipinski definition) is 0. The molecule has 7 heteroatoms. The fraction of sp³-hybridized carbons (Fsp3) is 0.500. The number of hydrogen-bond acceptors (Lipinski definition) is 5. The van der Waals surface area contributed by atoms with Crippen molar-refractivity contribution in [2.24, 2.45) is 5.92 Å². The van der Waals surface area contributed by atoms with Gasteiger partial charge in [-0.15, -0.1) is 0 Å². The molecule has 2 aromatic carbocycles. The molecular weight excluding hydrogens is 442 g/mol. The van der Waals surface area contributed by atoms with Gasteiger partial charge in [0.1, 0.15) is 11.5 Å². The van der Waals surface area contributed by atoms with Crippen molar-refractivity contribution in [2.45, 2.75) is 38.6 Å². The molecule has 0 radical (unpaired) electrons. The van der Waals surface area contributed by atoms with Gasteiger partial charge in [-0.05, 0) is 31.0 Å². The van der Waals surface area contributed by atoms with Crippen LogP contribution in [0.4, 0.5) is 5.69 Å². The van der Waals surface area contributed by atoms with Crippen molar-refractivity contribution >= 4 is 17.5 Å². The zero-order valence-electron chi connectivity index (χ0n) is 21.1. The van der Waals surface area contributed by atoms with Gasteiger partial charge in [-0.1, -0.05) is 43.7 Å². The van der Waals surface area contributed by atoms with Gasteiger partial charge in [-0.2, -0.15) is 0 Å². The summed E-state index contributed by atoms with van der Waals surface area (Å²) in [6.45, 7) is 5.57. The van der Waals surface area contributed by atoms with Crippen molar-refractivity contribution in [3.8, 4) is 11.5 Å². The summed E-state index contributed by atoms with van der Waals surface area (Å²) in [5.41, 5.74) is 1.98. The summed E-state index contributed by atoms with van der Waals surface area (Å²) >= 11 is 0. The summed E-state index contributed by atoms with van der Waals surface area (Å²) in [5, 5.41) is 0. The third-order valence-corrected chi connectivity index (χ3v) is 7.25. The highest BCUT2D eigenvalue weighted by Crippen LogP contribution is 2.42. The van der Waals surface area contributed by atoms with Gasteiger partial charge in [0.05, 0.1) is 31.9 Å². The largest absolute Gasteiger partial charge is 0.496 e. The fourth-order valence-corrected chi connectivity index (χ4v) is 5.39. The van der Waals surface area contributed by atoms with Crippen LogP contribution < -0.4 is 14.4 Å². The zero-order valence-corrected chi connectivity index (χ0v) is 21.1. The highest BCUT2D eigenvalue weighted by atomic mass is 16.5. The Morgan fingerprint density at radius 3 is 2.29 bits per heavy atom.